The van der Waals surface area contributed by atoms with E-state index in [1.165, 1.54) is 19.3 Å². The minimum absolute atomic E-state index is 0.0605. The summed E-state index contributed by atoms with van der Waals surface area (Å²) in [6, 6.07) is 0. The molecule has 1 N–H and O–H groups in total. The van der Waals surface area contributed by atoms with Crippen molar-refractivity contribution in [1.29, 1.82) is 0 Å². The number of unbranched alkanes of at least 4 members (excludes halogenated alkanes) is 2. The fourth-order valence-electron chi connectivity index (χ4n) is 1.51. The predicted octanol–water partition coefficient (Wildman–Crippen LogP) is 0.967. The van der Waals surface area contributed by atoms with Gasteiger partial charge in [-0.25, -0.2) is 4.79 Å². The van der Waals surface area contributed by atoms with Crippen LogP contribution in [0.5, 0.6) is 0 Å². The Bertz CT molecular complexity index is 327. The normalized spacial score (nSPS) is 10.8. The van der Waals surface area contributed by atoms with Gasteiger partial charge < -0.3 is 9.88 Å². The van der Waals surface area contributed by atoms with Crippen LogP contribution in [-0.4, -0.2) is 22.2 Å². The Labute approximate surface area is 90.9 Å². The summed E-state index contributed by atoms with van der Waals surface area (Å²) in [4.78, 5) is 11.4. The zero-order chi connectivity index (χ0) is 11.1. The Hall–Kier alpha value is -1.03. The van der Waals surface area contributed by atoms with Crippen molar-refractivity contribution in [3.63, 3.8) is 0 Å². The molecule has 1 rings (SSSR count). The third-order valence-corrected chi connectivity index (χ3v) is 2.50. The molecule has 1 heterocycles. The van der Waals surface area contributed by atoms with Crippen LogP contribution in [0.4, 0.5) is 0 Å². The molecule has 15 heavy (non-hydrogen) atoms. The second-order valence-electron chi connectivity index (χ2n) is 3.84. The van der Waals surface area contributed by atoms with Crippen LogP contribution in [0.25, 0.3) is 0 Å². The Morgan fingerprint density at radius 2 is 2.07 bits per heavy atom. The first-order valence-corrected chi connectivity index (χ1v) is 5.68. The molecular weight excluding hydrogens is 190 g/mol. The molecule has 4 nitrogen and oxygen atoms in total. The number of nitrogens with one attached hydrogen (secondary N) is 1. The number of hydrogen-bond donors (Lipinski definition) is 1. The van der Waals surface area contributed by atoms with Crippen molar-refractivity contribution in [2.24, 2.45) is 7.05 Å². The highest BCUT2D eigenvalue weighted by molar-refractivity contribution is 4.79. The van der Waals surface area contributed by atoms with Gasteiger partial charge in [0.2, 0.25) is 0 Å². The van der Waals surface area contributed by atoms with Crippen LogP contribution in [-0.2, 0) is 13.6 Å². The predicted molar refractivity (Wildman–Crippen MR) is 62.1 cm³/mol. The molecule has 0 aliphatic heterocycles. The molecule has 0 spiro atoms. The Balaban J connectivity index is 2.15. The average molecular weight is 211 g/mol. The second-order valence-corrected chi connectivity index (χ2v) is 3.84. The van der Waals surface area contributed by atoms with Gasteiger partial charge in [-0.05, 0) is 13.0 Å². The van der Waals surface area contributed by atoms with Gasteiger partial charge in [-0.3, -0.25) is 4.57 Å². The lowest BCUT2D eigenvalue weighted by Gasteiger charge is -2.04. The number of imidazole rings is 1. The third-order valence-electron chi connectivity index (χ3n) is 2.50. The average Bonchev–Trinajstić information content (AvgIpc) is 2.54. The van der Waals surface area contributed by atoms with Crippen molar-refractivity contribution in [2.75, 3.05) is 13.1 Å². The quantitative estimate of drug-likeness (QED) is 0.682. The maximum absolute atomic E-state index is 11.4. The summed E-state index contributed by atoms with van der Waals surface area (Å²) in [6.07, 6.45) is 7.37. The fraction of sp³-hybridized carbons (Fsp3) is 0.727. The van der Waals surface area contributed by atoms with Gasteiger partial charge in [0.1, 0.15) is 0 Å². The molecule has 1 aromatic rings. The van der Waals surface area contributed by atoms with Gasteiger partial charge in [0.15, 0.2) is 0 Å². The van der Waals surface area contributed by atoms with Crippen LogP contribution in [0.1, 0.15) is 26.2 Å². The highest BCUT2D eigenvalue weighted by Gasteiger charge is 1.97. The van der Waals surface area contributed by atoms with E-state index < -0.39 is 0 Å². The van der Waals surface area contributed by atoms with Crippen molar-refractivity contribution in [2.45, 2.75) is 32.7 Å². The van der Waals surface area contributed by atoms with Crippen molar-refractivity contribution in [3.05, 3.63) is 22.9 Å². The maximum atomic E-state index is 11.4. The molecule has 0 saturated heterocycles. The number of hydrogen-bond acceptors (Lipinski definition) is 2. The zero-order valence-electron chi connectivity index (χ0n) is 9.70. The van der Waals surface area contributed by atoms with Crippen molar-refractivity contribution < 1.29 is 0 Å². The van der Waals surface area contributed by atoms with E-state index in [-0.39, 0.29) is 5.69 Å². The molecular formula is C11H21N3O. The van der Waals surface area contributed by atoms with Crippen LogP contribution in [0.2, 0.25) is 0 Å². The van der Waals surface area contributed by atoms with Crippen LogP contribution in [0.3, 0.4) is 0 Å². The van der Waals surface area contributed by atoms with E-state index >= 15 is 0 Å². The third kappa shape index (κ3) is 3.91. The number of rotatable bonds is 7. The first kappa shape index (κ1) is 12.0. The Morgan fingerprint density at radius 3 is 2.67 bits per heavy atom. The molecule has 0 fully saturated rings. The van der Waals surface area contributed by atoms with Crippen molar-refractivity contribution in [1.82, 2.24) is 14.5 Å². The fourth-order valence-corrected chi connectivity index (χ4v) is 1.51. The highest BCUT2D eigenvalue weighted by atomic mass is 16.1. The smallest absolute Gasteiger partial charge is 0.315 e. The van der Waals surface area contributed by atoms with E-state index in [4.69, 9.17) is 0 Å². The van der Waals surface area contributed by atoms with Gasteiger partial charge in [-0.1, -0.05) is 19.8 Å². The van der Waals surface area contributed by atoms with Gasteiger partial charge in [0.05, 0.1) is 0 Å². The summed E-state index contributed by atoms with van der Waals surface area (Å²) >= 11 is 0. The summed E-state index contributed by atoms with van der Waals surface area (Å²) in [5, 5.41) is 3.34. The summed E-state index contributed by atoms with van der Waals surface area (Å²) in [5.41, 5.74) is 0.0605. The first-order valence-electron chi connectivity index (χ1n) is 5.68. The summed E-state index contributed by atoms with van der Waals surface area (Å²) < 4.78 is 3.32. The molecule has 0 radical (unpaired) electrons. The van der Waals surface area contributed by atoms with Crippen LogP contribution in [0, 0.1) is 0 Å². The monoisotopic (exact) mass is 211 g/mol. The van der Waals surface area contributed by atoms with E-state index in [0.717, 1.165) is 19.6 Å². The SMILES string of the molecule is CCCCCNCCn1ccn(C)c1=O. The van der Waals surface area contributed by atoms with Gasteiger partial charge in [0.25, 0.3) is 0 Å². The standard InChI is InChI=1S/C11H21N3O/c1-3-4-5-6-12-7-8-14-10-9-13(2)11(14)15/h9-10,12H,3-8H2,1-2H3. The van der Waals surface area contributed by atoms with E-state index in [9.17, 15) is 4.79 Å². The molecule has 0 aliphatic rings. The molecule has 0 atom stereocenters. The Morgan fingerprint density at radius 1 is 1.27 bits per heavy atom. The molecule has 0 aromatic carbocycles. The largest absolute Gasteiger partial charge is 0.327 e. The van der Waals surface area contributed by atoms with E-state index in [0.29, 0.717) is 0 Å². The highest BCUT2D eigenvalue weighted by Crippen LogP contribution is 1.90. The van der Waals surface area contributed by atoms with Gasteiger partial charge >= 0.3 is 5.69 Å². The zero-order valence-corrected chi connectivity index (χ0v) is 9.70. The van der Waals surface area contributed by atoms with Crippen molar-refractivity contribution >= 4 is 0 Å². The van der Waals surface area contributed by atoms with Crippen LogP contribution in [0.15, 0.2) is 17.2 Å². The number of nitrogens with zero attached hydrogens (tertiary/aromatic N) is 2. The topological polar surface area (TPSA) is 39.0 Å². The molecule has 86 valence electrons. The number of aromatic nitrogens is 2. The lowest BCUT2D eigenvalue weighted by atomic mass is 10.2. The van der Waals surface area contributed by atoms with E-state index in [1.54, 1.807) is 22.4 Å². The molecule has 0 saturated carbocycles. The lowest BCUT2D eigenvalue weighted by Crippen LogP contribution is -2.28. The summed E-state index contributed by atoms with van der Waals surface area (Å²) in [6.45, 7) is 4.87. The molecule has 0 unspecified atom stereocenters. The maximum Gasteiger partial charge on any atom is 0.327 e. The molecule has 4 heteroatoms. The van der Waals surface area contributed by atoms with E-state index in [2.05, 4.69) is 12.2 Å². The molecule has 0 aliphatic carbocycles. The summed E-state index contributed by atoms with van der Waals surface area (Å²) in [7, 11) is 1.77. The molecule has 1 aromatic heterocycles. The second kappa shape index (κ2) is 6.45. The minimum atomic E-state index is 0.0605. The number of aryl methyl sites for hydroxylation is 1. The van der Waals surface area contributed by atoms with E-state index in [1.807, 2.05) is 6.20 Å². The molecule has 0 amide bonds. The van der Waals surface area contributed by atoms with Crippen LogP contribution < -0.4 is 11.0 Å². The van der Waals surface area contributed by atoms with Gasteiger partial charge in [-0.2, -0.15) is 0 Å². The summed E-state index contributed by atoms with van der Waals surface area (Å²) in [5.74, 6) is 0. The van der Waals surface area contributed by atoms with Gasteiger partial charge in [0, 0.05) is 32.5 Å². The molecule has 0 bridgehead atoms. The lowest BCUT2D eigenvalue weighted by molar-refractivity contribution is 0.557. The first-order chi connectivity index (χ1) is 7.25. The van der Waals surface area contributed by atoms with Crippen molar-refractivity contribution in [3.8, 4) is 0 Å². The van der Waals surface area contributed by atoms with Crippen LogP contribution >= 0.6 is 0 Å². The Kier molecular flexibility index (Phi) is 5.18. The minimum Gasteiger partial charge on any atom is -0.315 e. The van der Waals surface area contributed by atoms with Gasteiger partial charge in [-0.15, -0.1) is 0 Å².